The quantitative estimate of drug-likeness (QED) is 0.577. The zero-order valence-electron chi connectivity index (χ0n) is 18.3. The van der Waals surface area contributed by atoms with Crippen molar-refractivity contribution >= 4 is 29.1 Å². The van der Waals surface area contributed by atoms with E-state index in [0.717, 1.165) is 43.6 Å². The van der Waals surface area contributed by atoms with Gasteiger partial charge in [0.25, 0.3) is 0 Å². The molecule has 3 rings (SSSR count). The van der Waals surface area contributed by atoms with Crippen LogP contribution in [0.1, 0.15) is 63.3 Å². The third-order valence-corrected chi connectivity index (χ3v) is 6.72. The van der Waals surface area contributed by atoms with E-state index in [-0.39, 0.29) is 23.3 Å². The summed E-state index contributed by atoms with van der Waals surface area (Å²) in [5, 5.41) is 4.38. The summed E-state index contributed by atoms with van der Waals surface area (Å²) < 4.78 is 0. The first kappa shape index (κ1) is 23.1. The minimum Gasteiger partial charge on any atom is -0.349 e. The number of carbonyl (C=O) groups is 1. The molecule has 0 radical (unpaired) electrons. The smallest absolute Gasteiger partial charge is 0.223 e. The maximum Gasteiger partial charge on any atom is 0.223 e. The average Bonchev–Trinajstić information content (AvgIpc) is 2.70. The lowest BCUT2D eigenvalue weighted by atomic mass is 9.86. The van der Waals surface area contributed by atoms with Gasteiger partial charge in [0, 0.05) is 12.5 Å². The molecule has 1 atom stereocenters. The molecule has 5 heteroatoms. The van der Waals surface area contributed by atoms with Gasteiger partial charge < -0.3 is 5.32 Å². The molecule has 0 aromatic heterocycles. The summed E-state index contributed by atoms with van der Waals surface area (Å²) in [7, 11) is 0. The maximum absolute atomic E-state index is 12.8. The van der Waals surface area contributed by atoms with Crippen molar-refractivity contribution in [3.8, 4) is 0 Å². The van der Waals surface area contributed by atoms with Gasteiger partial charge >= 0.3 is 0 Å². The van der Waals surface area contributed by atoms with Gasteiger partial charge in [-0.2, -0.15) is 0 Å². The predicted octanol–water partition coefficient (Wildman–Crippen LogP) is 6.38. The summed E-state index contributed by atoms with van der Waals surface area (Å²) in [5.74, 6) is 0.239. The summed E-state index contributed by atoms with van der Waals surface area (Å²) in [4.78, 5) is 15.2. The van der Waals surface area contributed by atoms with Crippen molar-refractivity contribution in [2.24, 2.45) is 5.92 Å². The standard InChI is InChI=1S/C25H32Cl2N2O/c1-17(19-6-8-21(9-7-19)25(2,3)4)28-24(30)20-11-13-29(14-12-20)16-18-5-10-22(26)23(27)15-18/h5-10,15,17,20H,11-14,16H2,1-4H3,(H,28,30)/t17-/m0/s1. The molecule has 0 aliphatic carbocycles. The molecule has 0 unspecified atom stereocenters. The normalized spacial score (nSPS) is 17.0. The first-order chi connectivity index (χ1) is 14.1. The van der Waals surface area contributed by atoms with E-state index in [2.05, 4.69) is 62.2 Å². The van der Waals surface area contributed by atoms with Gasteiger partial charge in [-0.25, -0.2) is 0 Å². The van der Waals surface area contributed by atoms with Crippen molar-refractivity contribution in [2.75, 3.05) is 13.1 Å². The van der Waals surface area contributed by atoms with Gasteiger partial charge in [0.05, 0.1) is 16.1 Å². The van der Waals surface area contributed by atoms with Crippen LogP contribution in [0.25, 0.3) is 0 Å². The van der Waals surface area contributed by atoms with Gasteiger partial charge in [0.2, 0.25) is 5.91 Å². The molecular weight excluding hydrogens is 415 g/mol. The van der Waals surface area contributed by atoms with Crippen molar-refractivity contribution in [2.45, 2.75) is 58.5 Å². The van der Waals surface area contributed by atoms with Crippen LogP contribution in [0, 0.1) is 5.92 Å². The van der Waals surface area contributed by atoms with Crippen LogP contribution in [0.3, 0.4) is 0 Å². The fourth-order valence-corrected chi connectivity index (χ4v) is 4.26. The van der Waals surface area contributed by atoms with E-state index in [0.29, 0.717) is 10.0 Å². The van der Waals surface area contributed by atoms with Gasteiger partial charge in [-0.05, 0) is 67.1 Å². The number of rotatable bonds is 5. The number of likely N-dealkylation sites (tertiary alicyclic amines) is 1. The SMILES string of the molecule is C[C@H](NC(=O)C1CCN(Cc2ccc(Cl)c(Cl)c2)CC1)c1ccc(C(C)(C)C)cc1. The Labute approximate surface area is 190 Å². The van der Waals surface area contributed by atoms with Gasteiger partial charge in [0.15, 0.2) is 0 Å². The van der Waals surface area contributed by atoms with Crippen molar-refractivity contribution < 1.29 is 4.79 Å². The Morgan fingerprint density at radius 2 is 1.70 bits per heavy atom. The van der Waals surface area contributed by atoms with Gasteiger partial charge in [-0.3, -0.25) is 9.69 Å². The summed E-state index contributed by atoms with van der Waals surface area (Å²) in [6, 6.07) is 14.4. The second kappa shape index (κ2) is 9.72. The van der Waals surface area contributed by atoms with E-state index in [4.69, 9.17) is 23.2 Å². The molecule has 1 N–H and O–H groups in total. The van der Waals surface area contributed by atoms with Gasteiger partial charge in [-0.15, -0.1) is 0 Å². The zero-order valence-corrected chi connectivity index (χ0v) is 19.9. The topological polar surface area (TPSA) is 32.3 Å². The molecule has 1 heterocycles. The monoisotopic (exact) mass is 446 g/mol. The molecule has 0 bridgehead atoms. The van der Waals surface area contributed by atoms with E-state index in [1.807, 2.05) is 18.2 Å². The van der Waals surface area contributed by atoms with Gasteiger partial charge in [-0.1, -0.05) is 74.3 Å². The van der Waals surface area contributed by atoms with E-state index >= 15 is 0 Å². The highest BCUT2D eigenvalue weighted by molar-refractivity contribution is 6.42. The molecule has 2 aromatic carbocycles. The van der Waals surface area contributed by atoms with Crippen LogP contribution in [0.15, 0.2) is 42.5 Å². The summed E-state index contributed by atoms with van der Waals surface area (Å²) in [6.45, 7) is 11.3. The lowest BCUT2D eigenvalue weighted by Gasteiger charge is -2.32. The molecular formula is C25H32Cl2N2O. The summed E-state index contributed by atoms with van der Waals surface area (Å²) in [5.41, 5.74) is 3.74. The van der Waals surface area contributed by atoms with Crippen molar-refractivity contribution in [1.82, 2.24) is 10.2 Å². The molecule has 3 nitrogen and oxygen atoms in total. The first-order valence-corrected chi connectivity index (χ1v) is 11.5. The van der Waals surface area contributed by atoms with Crippen LogP contribution in [-0.2, 0) is 16.8 Å². The molecule has 1 amide bonds. The number of carbonyl (C=O) groups excluding carboxylic acids is 1. The minimum atomic E-state index is 0.0146. The fourth-order valence-electron chi connectivity index (χ4n) is 3.94. The Balaban J connectivity index is 1.49. The third-order valence-electron chi connectivity index (χ3n) is 5.98. The van der Waals surface area contributed by atoms with Crippen LogP contribution in [0.2, 0.25) is 10.0 Å². The van der Waals surface area contributed by atoms with Crippen molar-refractivity contribution in [3.05, 3.63) is 69.2 Å². The molecule has 0 spiro atoms. The van der Waals surface area contributed by atoms with E-state index in [9.17, 15) is 4.79 Å². The van der Waals surface area contributed by atoms with E-state index in [1.165, 1.54) is 5.56 Å². The van der Waals surface area contributed by atoms with Crippen LogP contribution >= 0.6 is 23.2 Å². The Bertz CT molecular complexity index is 866. The fraction of sp³-hybridized carbons (Fsp3) is 0.480. The molecule has 1 saturated heterocycles. The molecule has 0 saturated carbocycles. The number of piperidine rings is 1. The van der Waals surface area contributed by atoms with Crippen LogP contribution in [0.5, 0.6) is 0 Å². The highest BCUT2D eigenvalue weighted by atomic mass is 35.5. The summed E-state index contributed by atoms with van der Waals surface area (Å²) in [6.07, 6.45) is 1.76. The highest BCUT2D eigenvalue weighted by Crippen LogP contribution is 2.26. The Hall–Kier alpha value is -1.55. The molecule has 2 aromatic rings. The average molecular weight is 447 g/mol. The number of amides is 1. The van der Waals surface area contributed by atoms with Gasteiger partial charge in [0.1, 0.15) is 0 Å². The van der Waals surface area contributed by atoms with Crippen LogP contribution in [-0.4, -0.2) is 23.9 Å². The number of halogens is 2. The second-order valence-electron chi connectivity index (χ2n) is 9.40. The number of hydrogen-bond donors (Lipinski definition) is 1. The molecule has 162 valence electrons. The van der Waals surface area contributed by atoms with E-state index < -0.39 is 0 Å². The minimum absolute atomic E-state index is 0.0146. The lowest BCUT2D eigenvalue weighted by Crippen LogP contribution is -2.40. The zero-order chi connectivity index (χ0) is 21.9. The number of hydrogen-bond acceptors (Lipinski definition) is 2. The molecule has 1 aliphatic rings. The molecule has 1 fully saturated rings. The van der Waals surface area contributed by atoms with E-state index in [1.54, 1.807) is 0 Å². The highest BCUT2D eigenvalue weighted by Gasteiger charge is 2.26. The molecule has 30 heavy (non-hydrogen) atoms. The Morgan fingerprint density at radius 3 is 2.27 bits per heavy atom. The van der Waals surface area contributed by atoms with Crippen molar-refractivity contribution in [3.63, 3.8) is 0 Å². The second-order valence-corrected chi connectivity index (χ2v) is 10.2. The van der Waals surface area contributed by atoms with Crippen LogP contribution in [0.4, 0.5) is 0 Å². The number of nitrogens with one attached hydrogen (secondary N) is 1. The molecule has 1 aliphatic heterocycles. The van der Waals surface area contributed by atoms with Crippen LogP contribution < -0.4 is 5.32 Å². The third kappa shape index (κ3) is 6.00. The predicted molar refractivity (Wildman–Crippen MR) is 126 cm³/mol. The Morgan fingerprint density at radius 1 is 1.07 bits per heavy atom. The van der Waals surface area contributed by atoms with Crippen molar-refractivity contribution in [1.29, 1.82) is 0 Å². The number of nitrogens with zero attached hydrogens (tertiary/aromatic N) is 1. The largest absolute Gasteiger partial charge is 0.349 e. The maximum atomic E-state index is 12.8. The first-order valence-electron chi connectivity index (χ1n) is 10.7. The number of benzene rings is 2. The summed E-state index contributed by atoms with van der Waals surface area (Å²) >= 11 is 12.1. The lowest BCUT2D eigenvalue weighted by molar-refractivity contribution is -0.127. The Kier molecular flexibility index (Phi) is 7.49.